The molecular formula is C44H29N5O. The van der Waals surface area contributed by atoms with E-state index in [2.05, 4.69) is 140 Å². The highest BCUT2D eigenvalue weighted by molar-refractivity contribution is 6.09. The fraction of sp³-hybridized carbons (Fsp3) is 0. The van der Waals surface area contributed by atoms with Crippen molar-refractivity contribution in [3.8, 4) is 45.5 Å². The number of anilines is 3. The zero-order valence-corrected chi connectivity index (χ0v) is 26.9. The number of fused-ring (bicyclic) bond motifs is 8. The van der Waals surface area contributed by atoms with Gasteiger partial charge in [0.1, 0.15) is 29.0 Å². The highest BCUT2D eigenvalue weighted by atomic mass is 16.5. The average molecular weight is 644 g/mol. The average Bonchev–Trinajstić information content (AvgIpc) is 3.72. The minimum atomic E-state index is 0.727. The van der Waals surface area contributed by atoms with E-state index in [1.807, 2.05) is 54.9 Å². The van der Waals surface area contributed by atoms with Crippen LogP contribution >= 0.6 is 0 Å². The van der Waals surface area contributed by atoms with E-state index in [9.17, 15) is 0 Å². The van der Waals surface area contributed by atoms with Crippen molar-refractivity contribution in [2.75, 3.05) is 4.90 Å². The van der Waals surface area contributed by atoms with Crippen molar-refractivity contribution in [2.45, 2.75) is 0 Å². The summed E-state index contributed by atoms with van der Waals surface area (Å²) in [5, 5.41) is 2.32. The summed E-state index contributed by atoms with van der Waals surface area (Å²) >= 11 is 0. The van der Waals surface area contributed by atoms with Crippen LogP contribution < -0.4 is 9.64 Å². The van der Waals surface area contributed by atoms with Gasteiger partial charge in [-0.1, -0.05) is 91.0 Å². The third kappa shape index (κ3) is 4.43. The summed E-state index contributed by atoms with van der Waals surface area (Å²) in [5.74, 6) is 4.13. The molecule has 0 fully saturated rings. The highest BCUT2D eigenvalue weighted by Gasteiger charge is 2.28. The monoisotopic (exact) mass is 643 g/mol. The van der Waals surface area contributed by atoms with E-state index in [-0.39, 0.29) is 0 Å². The van der Waals surface area contributed by atoms with Crippen molar-refractivity contribution in [2.24, 2.45) is 0 Å². The van der Waals surface area contributed by atoms with Gasteiger partial charge in [-0.05, 0) is 66.7 Å². The van der Waals surface area contributed by atoms with Gasteiger partial charge in [0.15, 0.2) is 0 Å². The highest BCUT2D eigenvalue weighted by Crippen LogP contribution is 2.48. The molecule has 3 aromatic heterocycles. The molecule has 0 saturated heterocycles. The lowest BCUT2D eigenvalue weighted by molar-refractivity contribution is 0.483. The second kappa shape index (κ2) is 11.4. The maximum absolute atomic E-state index is 6.61. The summed E-state index contributed by atoms with van der Waals surface area (Å²) in [5.41, 5.74) is 8.64. The van der Waals surface area contributed by atoms with Gasteiger partial charge in [-0.3, -0.25) is 14.0 Å². The summed E-state index contributed by atoms with van der Waals surface area (Å²) < 4.78 is 11.1. The van der Waals surface area contributed by atoms with Crippen LogP contribution in [0.25, 0.3) is 55.8 Å². The lowest BCUT2D eigenvalue weighted by Crippen LogP contribution is -2.13. The zero-order valence-electron chi connectivity index (χ0n) is 26.9. The number of rotatable bonds is 5. The number of hydrogen-bond donors (Lipinski definition) is 0. The predicted octanol–water partition coefficient (Wildman–Crippen LogP) is 11.3. The molecule has 1 aliphatic rings. The van der Waals surface area contributed by atoms with E-state index in [0.29, 0.717) is 0 Å². The van der Waals surface area contributed by atoms with Gasteiger partial charge < -0.3 is 4.74 Å². The van der Waals surface area contributed by atoms with E-state index in [1.165, 1.54) is 5.39 Å². The van der Waals surface area contributed by atoms with Crippen LogP contribution in [-0.2, 0) is 0 Å². The third-order valence-corrected chi connectivity index (χ3v) is 9.42. The maximum Gasteiger partial charge on any atom is 0.146 e. The number of nitrogens with zero attached hydrogens (tertiary/aromatic N) is 5. The van der Waals surface area contributed by atoms with Crippen molar-refractivity contribution >= 4 is 39.0 Å². The molecule has 4 heterocycles. The predicted molar refractivity (Wildman–Crippen MR) is 201 cm³/mol. The lowest BCUT2D eigenvalue weighted by atomic mass is 10.0. The van der Waals surface area contributed by atoms with Gasteiger partial charge in [-0.25, -0.2) is 9.97 Å². The standard InChI is InChI=1S/C44H29N5O/c1-2-14-31(15-3-1)47-38-20-7-4-17-34(38)35-18-6-9-22-40(35)49-43(47)29-46-44(49)30-13-12-16-32(27-30)50-33-24-25-37-36-19-5-8-21-39(36)48(41(37)28-33)42-23-10-11-26-45-42/h1-29H. The Bertz CT molecular complexity index is 2690. The zero-order chi connectivity index (χ0) is 33.0. The molecule has 6 nitrogen and oxygen atoms in total. The SMILES string of the molecule is c1ccc(N2c3ccccc3-c3ccccc3-n3c2cnc3-c2cccc(Oc3ccc4c5ccccc5n(-c5ccccn5)c4c3)c2)cc1. The third-order valence-electron chi connectivity index (χ3n) is 9.42. The molecule has 0 spiro atoms. The first kappa shape index (κ1) is 28.1. The van der Waals surface area contributed by atoms with E-state index in [4.69, 9.17) is 9.72 Å². The Morgan fingerprint density at radius 1 is 0.480 bits per heavy atom. The number of hydrogen-bond acceptors (Lipinski definition) is 4. The molecular weight excluding hydrogens is 615 g/mol. The van der Waals surface area contributed by atoms with Crippen LogP contribution in [0.5, 0.6) is 11.5 Å². The molecule has 0 saturated carbocycles. The summed E-state index contributed by atoms with van der Waals surface area (Å²) in [6.45, 7) is 0. The Kier molecular flexibility index (Phi) is 6.39. The molecule has 0 unspecified atom stereocenters. The molecule has 0 radical (unpaired) electrons. The smallest absolute Gasteiger partial charge is 0.146 e. The Morgan fingerprint density at radius 2 is 1.20 bits per heavy atom. The van der Waals surface area contributed by atoms with Crippen LogP contribution in [0.15, 0.2) is 176 Å². The minimum Gasteiger partial charge on any atom is -0.457 e. The number of aromatic nitrogens is 4. The lowest BCUT2D eigenvalue weighted by Gasteiger charge is -2.25. The van der Waals surface area contributed by atoms with Crippen LogP contribution in [-0.4, -0.2) is 19.1 Å². The van der Waals surface area contributed by atoms with Gasteiger partial charge in [0, 0.05) is 45.4 Å². The molecule has 0 N–H and O–H groups in total. The number of imidazole rings is 1. The molecule has 0 atom stereocenters. The van der Waals surface area contributed by atoms with E-state index in [0.717, 1.165) is 79.1 Å². The number of pyridine rings is 1. The summed E-state index contributed by atoms with van der Waals surface area (Å²) in [6.07, 6.45) is 3.80. The van der Waals surface area contributed by atoms with Gasteiger partial charge in [-0.2, -0.15) is 0 Å². The number of para-hydroxylation sites is 4. The van der Waals surface area contributed by atoms with Crippen molar-refractivity contribution in [3.63, 3.8) is 0 Å². The van der Waals surface area contributed by atoms with Gasteiger partial charge in [0.25, 0.3) is 0 Å². The molecule has 236 valence electrons. The van der Waals surface area contributed by atoms with Crippen LogP contribution in [0.1, 0.15) is 0 Å². The first-order valence-corrected chi connectivity index (χ1v) is 16.7. The molecule has 9 aromatic rings. The van der Waals surface area contributed by atoms with Crippen LogP contribution in [0.4, 0.5) is 17.2 Å². The Morgan fingerprint density at radius 3 is 2.06 bits per heavy atom. The fourth-order valence-electron chi connectivity index (χ4n) is 7.29. The molecule has 0 amide bonds. The molecule has 10 rings (SSSR count). The summed E-state index contributed by atoms with van der Waals surface area (Å²) in [4.78, 5) is 12.0. The fourth-order valence-corrected chi connectivity index (χ4v) is 7.29. The Hall–Kier alpha value is -6.92. The van der Waals surface area contributed by atoms with Crippen LogP contribution in [0, 0.1) is 0 Å². The minimum absolute atomic E-state index is 0.727. The normalized spacial score (nSPS) is 12.0. The Balaban J connectivity index is 1.10. The largest absolute Gasteiger partial charge is 0.457 e. The molecule has 0 aliphatic carbocycles. The van der Waals surface area contributed by atoms with Gasteiger partial charge >= 0.3 is 0 Å². The van der Waals surface area contributed by atoms with E-state index < -0.39 is 0 Å². The first-order chi connectivity index (χ1) is 24.8. The topological polar surface area (TPSA) is 48.1 Å². The summed E-state index contributed by atoms with van der Waals surface area (Å²) in [7, 11) is 0. The first-order valence-electron chi connectivity index (χ1n) is 16.7. The van der Waals surface area contributed by atoms with Crippen LogP contribution in [0.3, 0.4) is 0 Å². The molecule has 6 aromatic carbocycles. The van der Waals surface area contributed by atoms with Crippen LogP contribution in [0.2, 0.25) is 0 Å². The van der Waals surface area contributed by atoms with E-state index in [1.54, 1.807) is 0 Å². The number of benzene rings is 6. The maximum atomic E-state index is 6.61. The number of ether oxygens (including phenoxy) is 1. The van der Waals surface area contributed by atoms with E-state index >= 15 is 0 Å². The molecule has 1 aliphatic heterocycles. The van der Waals surface area contributed by atoms with Crippen molar-refractivity contribution in [3.05, 3.63) is 176 Å². The quantitative estimate of drug-likeness (QED) is 0.187. The van der Waals surface area contributed by atoms with Gasteiger partial charge in [-0.15, -0.1) is 0 Å². The molecule has 6 heteroatoms. The summed E-state index contributed by atoms with van der Waals surface area (Å²) in [6, 6.07) is 56.5. The molecule has 0 bridgehead atoms. The van der Waals surface area contributed by atoms with Crippen molar-refractivity contribution < 1.29 is 4.74 Å². The van der Waals surface area contributed by atoms with Gasteiger partial charge in [0.05, 0.1) is 28.6 Å². The Labute approximate surface area is 288 Å². The van der Waals surface area contributed by atoms with Crippen molar-refractivity contribution in [1.82, 2.24) is 19.1 Å². The van der Waals surface area contributed by atoms with Gasteiger partial charge in [0.2, 0.25) is 0 Å². The van der Waals surface area contributed by atoms with Crippen molar-refractivity contribution in [1.29, 1.82) is 0 Å². The molecule has 50 heavy (non-hydrogen) atoms. The second-order valence-electron chi connectivity index (χ2n) is 12.3. The second-order valence-corrected chi connectivity index (χ2v) is 12.3.